The molecule has 0 fully saturated rings. The third kappa shape index (κ3) is 4.04. The van der Waals surface area contributed by atoms with Crippen LogP contribution in [0.3, 0.4) is 0 Å². The lowest BCUT2D eigenvalue weighted by molar-refractivity contribution is -0.384. The maximum absolute atomic E-state index is 11.0. The highest BCUT2D eigenvalue weighted by Crippen LogP contribution is 2.25. The van der Waals surface area contributed by atoms with Gasteiger partial charge in [-0.2, -0.15) is 0 Å². The lowest BCUT2D eigenvalue weighted by Crippen LogP contribution is -2.18. The Kier molecular flexibility index (Phi) is 5.11. The summed E-state index contributed by atoms with van der Waals surface area (Å²) in [5.41, 5.74) is 2.92. The van der Waals surface area contributed by atoms with Gasteiger partial charge in [-0.3, -0.25) is 10.1 Å². The van der Waals surface area contributed by atoms with Gasteiger partial charge < -0.3 is 9.88 Å². The number of halogens is 1. The molecule has 1 N–H and O–H groups in total. The van der Waals surface area contributed by atoms with Crippen LogP contribution in [0, 0.1) is 10.1 Å². The molecule has 0 aliphatic carbocycles. The van der Waals surface area contributed by atoms with Gasteiger partial charge in [-0.15, -0.1) is 0 Å². The highest BCUT2D eigenvalue weighted by Gasteiger charge is 2.13. The van der Waals surface area contributed by atoms with Gasteiger partial charge in [-0.05, 0) is 36.2 Å². The summed E-state index contributed by atoms with van der Waals surface area (Å²) < 4.78 is 1.94. The molecule has 3 aromatic rings. The second-order valence-corrected chi connectivity index (χ2v) is 6.11. The average Bonchev–Trinajstić information content (AvgIpc) is 3.15. The Morgan fingerprint density at radius 1 is 1.28 bits per heavy atom. The molecule has 0 spiro atoms. The Hall–Kier alpha value is -2.70. The quantitative estimate of drug-likeness (QED) is 0.528. The van der Waals surface area contributed by atoms with Crippen molar-refractivity contribution < 1.29 is 4.92 Å². The SMILES string of the molecule is C[C@@H](NCc1ccc(Cl)c([N+](=O)[O-])c1)c1ccc(-n2ccnc2)cc1. The maximum atomic E-state index is 11.0. The molecule has 1 heterocycles. The van der Waals surface area contributed by atoms with Gasteiger partial charge in [0, 0.05) is 36.7 Å². The molecule has 1 atom stereocenters. The Morgan fingerprint density at radius 3 is 2.68 bits per heavy atom. The first-order valence-electron chi connectivity index (χ1n) is 7.79. The fourth-order valence-corrected chi connectivity index (χ4v) is 2.73. The van der Waals surface area contributed by atoms with Gasteiger partial charge >= 0.3 is 0 Å². The minimum absolute atomic E-state index is 0.0710. The predicted octanol–water partition coefficient (Wildman–Crippen LogP) is 4.28. The molecule has 3 rings (SSSR count). The molecule has 0 saturated heterocycles. The third-order valence-electron chi connectivity index (χ3n) is 4.02. The molecule has 0 aliphatic rings. The second kappa shape index (κ2) is 7.46. The van der Waals surface area contributed by atoms with E-state index in [1.165, 1.54) is 6.07 Å². The van der Waals surface area contributed by atoms with E-state index < -0.39 is 4.92 Å². The van der Waals surface area contributed by atoms with Gasteiger partial charge in [0.15, 0.2) is 0 Å². The van der Waals surface area contributed by atoms with Gasteiger partial charge in [0.25, 0.3) is 5.69 Å². The highest BCUT2D eigenvalue weighted by atomic mass is 35.5. The normalized spacial score (nSPS) is 12.1. The second-order valence-electron chi connectivity index (χ2n) is 5.71. The average molecular weight is 357 g/mol. The van der Waals surface area contributed by atoms with E-state index in [1.807, 2.05) is 22.9 Å². The minimum atomic E-state index is -0.468. The van der Waals surface area contributed by atoms with Crippen molar-refractivity contribution in [2.75, 3.05) is 0 Å². The van der Waals surface area contributed by atoms with Crippen molar-refractivity contribution in [3.05, 3.63) is 87.4 Å². The third-order valence-corrected chi connectivity index (χ3v) is 4.33. The summed E-state index contributed by atoms with van der Waals surface area (Å²) in [6.45, 7) is 2.57. The summed E-state index contributed by atoms with van der Waals surface area (Å²) in [7, 11) is 0. The molecule has 0 amide bonds. The fraction of sp³-hybridized carbons (Fsp3) is 0.167. The smallest absolute Gasteiger partial charge is 0.288 e. The molecule has 128 valence electrons. The van der Waals surface area contributed by atoms with Crippen molar-refractivity contribution in [3.63, 3.8) is 0 Å². The number of imidazole rings is 1. The van der Waals surface area contributed by atoms with Gasteiger partial charge in [0.1, 0.15) is 5.02 Å². The molecular weight excluding hydrogens is 340 g/mol. The predicted molar refractivity (Wildman–Crippen MR) is 96.9 cm³/mol. The van der Waals surface area contributed by atoms with Gasteiger partial charge in [-0.25, -0.2) is 4.98 Å². The molecular formula is C18H17ClN4O2. The molecule has 0 radical (unpaired) electrons. The summed E-state index contributed by atoms with van der Waals surface area (Å²) >= 11 is 5.84. The van der Waals surface area contributed by atoms with Crippen molar-refractivity contribution >= 4 is 17.3 Å². The van der Waals surface area contributed by atoms with Crippen LogP contribution in [-0.2, 0) is 6.54 Å². The van der Waals surface area contributed by atoms with Crippen LogP contribution in [0.4, 0.5) is 5.69 Å². The van der Waals surface area contributed by atoms with Crippen LogP contribution < -0.4 is 5.32 Å². The molecule has 2 aromatic carbocycles. The van der Waals surface area contributed by atoms with Crippen molar-refractivity contribution in [1.82, 2.24) is 14.9 Å². The first-order chi connectivity index (χ1) is 12.0. The lowest BCUT2D eigenvalue weighted by Gasteiger charge is -2.15. The Balaban J connectivity index is 1.65. The number of nitrogens with zero attached hydrogens (tertiary/aromatic N) is 3. The number of nitro groups is 1. The lowest BCUT2D eigenvalue weighted by atomic mass is 10.1. The zero-order valence-electron chi connectivity index (χ0n) is 13.6. The summed E-state index contributed by atoms with van der Waals surface area (Å²) in [5, 5.41) is 14.5. The Bertz CT molecular complexity index is 863. The van der Waals surface area contributed by atoms with Gasteiger partial charge in [-0.1, -0.05) is 29.8 Å². The summed E-state index contributed by atoms with van der Waals surface area (Å²) in [4.78, 5) is 14.5. The summed E-state index contributed by atoms with van der Waals surface area (Å²) in [5.74, 6) is 0. The highest BCUT2D eigenvalue weighted by molar-refractivity contribution is 6.32. The van der Waals surface area contributed by atoms with E-state index >= 15 is 0 Å². The number of hydrogen-bond acceptors (Lipinski definition) is 4. The standard InChI is InChI=1S/C18H17ClN4O2/c1-13(15-3-5-16(6-4-15)22-9-8-20-12-22)21-11-14-2-7-17(19)18(10-14)23(24)25/h2-10,12-13,21H,11H2,1H3/t13-/m1/s1. The van der Waals surface area contributed by atoms with E-state index in [2.05, 4.69) is 29.4 Å². The number of rotatable bonds is 6. The monoisotopic (exact) mass is 356 g/mol. The van der Waals surface area contributed by atoms with Crippen LogP contribution in [0.15, 0.2) is 61.2 Å². The van der Waals surface area contributed by atoms with E-state index in [-0.39, 0.29) is 16.8 Å². The van der Waals surface area contributed by atoms with E-state index in [0.29, 0.717) is 6.54 Å². The first kappa shape index (κ1) is 17.1. The van der Waals surface area contributed by atoms with Crippen molar-refractivity contribution in [2.45, 2.75) is 19.5 Å². The topological polar surface area (TPSA) is 73.0 Å². The van der Waals surface area contributed by atoms with Crippen LogP contribution in [0.2, 0.25) is 5.02 Å². The van der Waals surface area contributed by atoms with Gasteiger partial charge in [0.2, 0.25) is 0 Å². The van der Waals surface area contributed by atoms with E-state index in [9.17, 15) is 10.1 Å². The molecule has 6 nitrogen and oxygen atoms in total. The number of benzene rings is 2. The van der Waals surface area contributed by atoms with Crippen molar-refractivity contribution in [3.8, 4) is 5.69 Å². The fourth-order valence-electron chi connectivity index (χ4n) is 2.54. The number of hydrogen-bond donors (Lipinski definition) is 1. The van der Waals surface area contributed by atoms with Crippen LogP contribution in [0.1, 0.15) is 24.1 Å². The molecule has 0 saturated carbocycles. The number of aromatic nitrogens is 2. The maximum Gasteiger partial charge on any atom is 0.288 e. The van der Waals surface area contributed by atoms with Crippen LogP contribution >= 0.6 is 11.6 Å². The summed E-state index contributed by atoms with van der Waals surface area (Å²) in [6.07, 6.45) is 5.39. The van der Waals surface area contributed by atoms with Crippen LogP contribution in [-0.4, -0.2) is 14.5 Å². The summed E-state index contributed by atoms with van der Waals surface area (Å²) in [6, 6.07) is 13.1. The molecule has 0 unspecified atom stereocenters. The van der Waals surface area contributed by atoms with Crippen molar-refractivity contribution in [2.24, 2.45) is 0 Å². The Labute approximate surface area is 150 Å². The number of nitrogens with one attached hydrogen (secondary N) is 1. The van der Waals surface area contributed by atoms with E-state index in [4.69, 9.17) is 11.6 Å². The molecule has 25 heavy (non-hydrogen) atoms. The van der Waals surface area contributed by atoms with Crippen LogP contribution in [0.25, 0.3) is 5.69 Å². The molecule has 0 aliphatic heterocycles. The largest absolute Gasteiger partial charge is 0.306 e. The van der Waals surface area contributed by atoms with Crippen LogP contribution in [0.5, 0.6) is 0 Å². The van der Waals surface area contributed by atoms with Gasteiger partial charge in [0.05, 0.1) is 11.3 Å². The Morgan fingerprint density at radius 2 is 2.04 bits per heavy atom. The zero-order chi connectivity index (χ0) is 17.8. The van der Waals surface area contributed by atoms with Crippen molar-refractivity contribution in [1.29, 1.82) is 0 Å². The first-order valence-corrected chi connectivity index (χ1v) is 8.17. The van der Waals surface area contributed by atoms with E-state index in [1.54, 1.807) is 24.7 Å². The molecule has 0 bridgehead atoms. The minimum Gasteiger partial charge on any atom is -0.306 e. The zero-order valence-corrected chi connectivity index (χ0v) is 14.3. The number of nitro benzene ring substituents is 1. The van der Waals surface area contributed by atoms with E-state index in [0.717, 1.165) is 16.8 Å². The molecule has 7 heteroatoms. The molecule has 1 aromatic heterocycles.